The van der Waals surface area contributed by atoms with Crippen molar-refractivity contribution >= 4 is 5.84 Å². The molecule has 1 fully saturated rings. The Morgan fingerprint density at radius 1 is 1.62 bits per heavy atom. The summed E-state index contributed by atoms with van der Waals surface area (Å²) in [6, 6.07) is 0.655. The Kier molecular flexibility index (Phi) is 5.02. The molecule has 94 valence electrons. The lowest BCUT2D eigenvalue weighted by Crippen LogP contribution is -2.53. The van der Waals surface area contributed by atoms with E-state index in [0.717, 1.165) is 19.5 Å². The van der Waals surface area contributed by atoms with Gasteiger partial charge in [-0.1, -0.05) is 12.1 Å². The van der Waals surface area contributed by atoms with E-state index in [2.05, 4.69) is 36.0 Å². The van der Waals surface area contributed by atoms with Gasteiger partial charge in [0.1, 0.15) is 0 Å². The zero-order valence-electron chi connectivity index (χ0n) is 10.6. The fourth-order valence-electron chi connectivity index (χ4n) is 2.41. The maximum absolute atomic E-state index is 8.77. The quantitative estimate of drug-likeness (QED) is 0.319. The third-order valence-electron chi connectivity index (χ3n) is 3.44. The summed E-state index contributed by atoms with van der Waals surface area (Å²) in [6.07, 6.45) is 3.30. The first-order valence-corrected chi connectivity index (χ1v) is 5.98. The Morgan fingerprint density at radius 3 is 2.81 bits per heavy atom. The topological polar surface area (TPSA) is 65.1 Å². The van der Waals surface area contributed by atoms with Gasteiger partial charge in [0.15, 0.2) is 5.84 Å². The fraction of sp³-hybridized carbons (Fsp3) is 0.909. The molecule has 1 rings (SSSR count). The molecule has 1 saturated heterocycles. The van der Waals surface area contributed by atoms with Crippen molar-refractivity contribution in [2.45, 2.75) is 38.3 Å². The normalized spacial score (nSPS) is 26.0. The molecule has 0 aliphatic carbocycles. The third-order valence-corrected chi connectivity index (χ3v) is 3.44. The molecule has 0 aromatic carbocycles. The number of piperidine rings is 1. The number of nitrogens with zero attached hydrogens (tertiary/aromatic N) is 3. The van der Waals surface area contributed by atoms with E-state index in [-0.39, 0.29) is 6.04 Å². The van der Waals surface area contributed by atoms with Crippen LogP contribution >= 0.6 is 0 Å². The standard InChI is InChI=1S/C11H24N4O/c1-4-10(11(12)13-16)15-7-5-6-9(8-15)14(2)3/h9-10,16H,4-8H2,1-3H3,(H2,12,13). The van der Waals surface area contributed by atoms with Gasteiger partial charge >= 0.3 is 0 Å². The van der Waals surface area contributed by atoms with Crippen LogP contribution in [0.1, 0.15) is 26.2 Å². The summed E-state index contributed by atoms with van der Waals surface area (Å²) in [5, 5.41) is 11.9. The lowest BCUT2D eigenvalue weighted by atomic mass is 10.0. The number of amidine groups is 1. The van der Waals surface area contributed by atoms with Crippen molar-refractivity contribution in [2.75, 3.05) is 27.2 Å². The van der Waals surface area contributed by atoms with E-state index in [1.165, 1.54) is 12.8 Å². The van der Waals surface area contributed by atoms with E-state index in [1.54, 1.807) is 0 Å². The zero-order chi connectivity index (χ0) is 12.1. The van der Waals surface area contributed by atoms with E-state index in [4.69, 9.17) is 10.9 Å². The Balaban J connectivity index is 2.64. The van der Waals surface area contributed by atoms with Crippen LogP contribution in [-0.4, -0.2) is 60.1 Å². The second-order valence-corrected chi connectivity index (χ2v) is 4.70. The summed E-state index contributed by atoms with van der Waals surface area (Å²) in [4.78, 5) is 4.58. The number of rotatable bonds is 4. The lowest BCUT2D eigenvalue weighted by molar-refractivity contribution is 0.115. The van der Waals surface area contributed by atoms with Gasteiger partial charge in [0, 0.05) is 12.6 Å². The smallest absolute Gasteiger partial charge is 0.156 e. The van der Waals surface area contributed by atoms with Crippen molar-refractivity contribution in [2.24, 2.45) is 10.9 Å². The average Bonchev–Trinajstić information content (AvgIpc) is 2.30. The molecular formula is C11H24N4O. The maximum atomic E-state index is 8.77. The second kappa shape index (κ2) is 6.06. The number of likely N-dealkylation sites (N-methyl/N-ethyl adjacent to an activating group) is 1. The van der Waals surface area contributed by atoms with Gasteiger partial charge < -0.3 is 15.8 Å². The first-order valence-electron chi connectivity index (χ1n) is 5.98. The van der Waals surface area contributed by atoms with Crippen LogP contribution < -0.4 is 5.73 Å². The van der Waals surface area contributed by atoms with Gasteiger partial charge in [-0.3, -0.25) is 4.90 Å². The van der Waals surface area contributed by atoms with Gasteiger partial charge in [0.05, 0.1) is 6.04 Å². The molecule has 5 nitrogen and oxygen atoms in total. The number of hydrogen-bond donors (Lipinski definition) is 2. The minimum absolute atomic E-state index is 0.0766. The van der Waals surface area contributed by atoms with Crippen molar-refractivity contribution in [1.29, 1.82) is 0 Å². The summed E-state index contributed by atoms with van der Waals surface area (Å²) in [7, 11) is 4.22. The highest BCUT2D eigenvalue weighted by atomic mass is 16.4. The average molecular weight is 228 g/mol. The van der Waals surface area contributed by atoms with E-state index in [1.807, 2.05) is 0 Å². The molecule has 16 heavy (non-hydrogen) atoms. The molecule has 0 radical (unpaired) electrons. The Hall–Kier alpha value is -0.810. The molecule has 1 heterocycles. The predicted molar refractivity (Wildman–Crippen MR) is 65.8 cm³/mol. The molecule has 2 atom stereocenters. The molecule has 1 aliphatic heterocycles. The minimum atomic E-state index is 0.0766. The van der Waals surface area contributed by atoms with Crippen LogP contribution in [0.4, 0.5) is 0 Å². The Bertz CT molecular complexity index is 242. The molecule has 0 aromatic heterocycles. The molecule has 2 unspecified atom stereocenters. The van der Waals surface area contributed by atoms with Crippen LogP contribution in [0.25, 0.3) is 0 Å². The zero-order valence-corrected chi connectivity index (χ0v) is 10.6. The predicted octanol–water partition coefficient (Wildman–Crippen LogP) is 0.537. The molecule has 0 bridgehead atoms. The van der Waals surface area contributed by atoms with Crippen molar-refractivity contribution in [3.8, 4) is 0 Å². The van der Waals surface area contributed by atoms with Crippen molar-refractivity contribution in [3.05, 3.63) is 0 Å². The van der Waals surface area contributed by atoms with Gasteiger partial charge in [-0.25, -0.2) is 0 Å². The number of oxime groups is 1. The Labute approximate surface area is 97.9 Å². The highest BCUT2D eigenvalue weighted by molar-refractivity contribution is 5.85. The SMILES string of the molecule is CCC(C(N)=NO)N1CCCC(N(C)C)C1. The first-order chi connectivity index (χ1) is 7.60. The van der Waals surface area contributed by atoms with Crippen LogP contribution in [0.15, 0.2) is 5.16 Å². The maximum Gasteiger partial charge on any atom is 0.156 e. The molecule has 3 N–H and O–H groups in total. The molecule has 0 saturated carbocycles. The molecule has 1 aliphatic rings. The number of nitrogens with two attached hydrogens (primary N) is 1. The van der Waals surface area contributed by atoms with Crippen LogP contribution in [0.3, 0.4) is 0 Å². The molecule has 0 amide bonds. The summed E-state index contributed by atoms with van der Waals surface area (Å²) in [5.41, 5.74) is 5.72. The van der Waals surface area contributed by atoms with E-state index >= 15 is 0 Å². The molecular weight excluding hydrogens is 204 g/mol. The summed E-state index contributed by atoms with van der Waals surface area (Å²) >= 11 is 0. The summed E-state index contributed by atoms with van der Waals surface area (Å²) < 4.78 is 0. The van der Waals surface area contributed by atoms with Crippen LogP contribution in [-0.2, 0) is 0 Å². The second-order valence-electron chi connectivity index (χ2n) is 4.70. The van der Waals surface area contributed by atoms with Crippen LogP contribution in [0, 0.1) is 0 Å². The van der Waals surface area contributed by atoms with Crippen molar-refractivity contribution in [3.63, 3.8) is 0 Å². The third kappa shape index (κ3) is 3.09. The number of hydrogen-bond acceptors (Lipinski definition) is 4. The highest BCUT2D eigenvalue weighted by Gasteiger charge is 2.28. The summed E-state index contributed by atoms with van der Waals surface area (Å²) in [5.74, 6) is 0.335. The molecule has 0 aromatic rings. The highest BCUT2D eigenvalue weighted by Crippen LogP contribution is 2.17. The van der Waals surface area contributed by atoms with Crippen molar-refractivity contribution in [1.82, 2.24) is 9.80 Å². The van der Waals surface area contributed by atoms with E-state index in [0.29, 0.717) is 11.9 Å². The van der Waals surface area contributed by atoms with E-state index < -0.39 is 0 Å². The van der Waals surface area contributed by atoms with Crippen molar-refractivity contribution < 1.29 is 5.21 Å². The molecule has 0 spiro atoms. The van der Waals surface area contributed by atoms with Crippen LogP contribution in [0.5, 0.6) is 0 Å². The number of likely N-dealkylation sites (tertiary alicyclic amines) is 1. The Morgan fingerprint density at radius 2 is 2.31 bits per heavy atom. The van der Waals surface area contributed by atoms with Gasteiger partial charge in [-0.05, 0) is 39.9 Å². The minimum Gasteiger partial charge on any atom is -0.409 e. The lowest BCUT2D eigenvalue weighted by Gasteiger charge is -2.39. The van der Waals surface area contributed by atoms with Gasteiger partial charge in [-0.15, -0.1) is 0 Å². The monoisotopic (exact) mass is 228 g/mol. The van der Waals surface area contributed by atoms with Gasteiger partial charge in [0.25, 0.3) is 0 Å². The summed E-state index contributed by atoms with van der Waals surface area (Å²) in [6.45, 7) is 4.11. The first kappa shape index (κ1) is 13.3. The van der Waals surface area contributed by atoms with E-state index in [9.17, 15) is 0 Å². The van der Waals surface area contributed by atoms with Gasteiger partial charge in [0.2, 0.25) is 0 Å². The largest absolute Gasteiger partial charge is 0.409 e. The molecule has 5 heteroatoms. The van der Waals surface area contributed by atoms with Gasteiger partial charge in [-0.2, -0.15) is 0 Å². The fourth-order valence-corrected chi connectivity index (χ4v) is 2.41. The van der Waals surface area contributed by atoms with Crippen LogP contribution in [0.2, 0.25) is 0 Å².